The molecule has 2 aromatic heterocycles. The van der Waals surface area contributed by atoms with Crippen LogP contribution in [0.2, 0.25) is 0 Å². The number of imidazole rings is 1. The van der Waals surface area contributed by atoms with E-state index in [2.05, 4.69) is 13.9 Å². The summed E-state index contributed by atoms with van der Waals surface area (Å²) >= 11 is 1.29. The Labute approximate surface area is 194 Å². The van der Waals surface area contributed by atoms with Gasteiger partial charge in [0.1, 0.15) is 11.6 Å². The molecule has 2 bridgehead atoms. The summed E-state index contributed by atoms with van der Waals surface area (Å²) < 4.78 is 19.8. The van der Waals surface area contributed by atoms with Gasteiger partial charge in [0.2, 0.25) is 5.91 Å². The summed E-state index contributed by atoms with van der Waals surface area (Å²) in [4.78, 5) is 39.5. The molecule has 4 heterocycles. The number of hydrogen-bond acceptors (Lipinski definition) is 6. The van der Waals surface area contributed by atoms with Gasteiger partial charge in [-0.05, 0) is 68.9 Å². The van der Waals surface area contributed by atoms with Crippen molar-refractivity contribution in [2.24, 2.45) is 5.92 Å². The summed E-state index contributed by atoms with van der Waals surface area (Å²) in [5.74, 6) is 1.67. The zero-order chi connectivity index (χ0) is 22.9. The molecule has 170 valence electrons. The molecular formula is C23H23FN6O2S. The highest BCUT2D eigenvalue weighted by molar-refractivity contribution is 7.09. The molecule has 1 saturated carbocycles. The van der Waals surface area contributed by atoms with E-state index in [9.17, 15) is 14.0 Å². The van der Waals surface area contributed by atoms with Crippen LogP contribution in [0.5, 0.6) is 0 Å². The Balaban J connectivity index is 1.44. The molecule has 33 heavy (non-hydrogen) atoms. The second kappa shape index (κ2) is 7.44. The molecule has 3 aliphatic rings. The first-order chi connectivity index (χ1) is 15.9. The van der Waals surface area contributed by atoms with Gasteiger partial charge in [-0.1, -0.05) is 0 Å². The summed E-state index contributed by atoms with van der Waals surface area (Å²) in [6.07, 6.45) is 2.77. The highest BCUT2D eigenvalue weighted by Crippen LogP contribution is 2.45. The topological polar surface area (TPSA) is 84.2 Å². The van der Waals surface area contributed by atoms with Gasteiger partial charge in [0.25, 0.3) is 5.91 Å². The number of aryl methyl sites for hydroxylation is 1. The lowest BCUT2D eigenvalue weighted by Gasteiger charge is -2.37. The number of halogens is 1. The third-order valence-electron chi connectivity index (χ3n) is 7.07. The predicted molar refractivity (Wildman–Crippen MR) is 120 cm³/mol. The van der Waals surface area contributed by atoms with Crippen molar-refractivity contribution < 1.29 is 14.0 Å². The van der Waals surface area contributed by atoms with Crippen molar-refractivity contribution >= 4 is 29.2 Å². The fraction of sp³-hybridized carbons (Fsp3) is 0.435. The van der Waals surface area contributed by atoms with E-state index in [1.165, 1.54) is 35.8 Å². The minimum absolute atomic E-state index is 0.0652. The van der Waals surface area contributed by atoms with Crippen molar-refractivity contribution in [1.29, 1.82) is 0 Å². The largest absolute Gasteiger partial charge is 0.328 e. The van der Waals surface area contributed by atoms with Crippen LogP contribution in [-0.2, 0) is 11.3 Å². The van der Waals surface area contributed by atoms with Gasteiger partial charge in [0.05, 0.1) is 11.7 Å². The number of piperidine rings is 1. The van der Waals surface area contributed by atoms with E-state index in [0.29, 0.717) is 41.1 Å². The number of aromatic nitrogens is 4. The molecule has 3 atom stereocenters. The van der Waals surface area contributed by atoms with Crippen LogP contribution >= 0.6 is 11.5 Å². The molecule has 6 rings (SSSR count). The Morgan fingerprint density at radius 1 is 1.15 bits per heavy atom. The van der Waals surface area contributed by atoms with Crippen molar-refractivity contribution in [3.8, 4) is 10.8 Å². The number of anilines is 1. The van der Waals surface area contributed by atoms with Crippen molar-refractivity contribution in [3.05, 3.63) is 47.2 Å². The summed E-state index contributed by atoms with van der Waals surface area (Å²) in [6.45, 7) is 4.82. The van der Waals surface area contributed by atoms with E-state index >= 15 is 0 Å². The van der Waals surface area contributed by atoms with Gasteiger partial charge in [-0.3, -0.25) is 14.5 Å². The maximum Gasteiger partial charge on any atom is 0.254 e. The van der Waals surface area contributed by atoms with Gasteiger partial charge in [-0.25, -0.2) is 14.4 Å². The third-order valence-corrected chi connectivity index (χ3v) is 7.87. The van der Waals surface area contributed by atoms with Crippen LogP contribution in [0.25, 0.3) is 10.8 Å². The Bertz CT molecular complexity index is 1270. The van der Waals surface area contributed by atoms with E-state index in [-0.39, 0.29) is 35.6 Å². The lowest BCUT2D eigenvalue weighted by molar-refractivity contribution is -0.121. The minimum Gasteiger partial charge on any atom is -0.328 e. The summed E-state index contributed by atoms with van der Waals surface area (Å²) in [7, 11) is 0. The molecule has 3 aromatic rings. The van der Waals surface area contributed by atoms with E-state index < -0.39 is 0 Å². The second-order valence-corrected chi connectivity index (χ2v) is 9.75. The van der Waals surface area contributed by atoms with E-state index in [1.807, 2.05) is 18.7 Å². The quantitative estimate of drug-likeness (QED) is 0.589. The van der Waals surface area contributed by atoms with Crippen molar-refractivity contribution in [1.82, 2.24) is 23.8 Å². The van der Waals surface area contributed by atoms with Crippen LogP contribution in [0.4, 0.5) is 10.2 Å². The highest BCUT2D eigenvalue weighted by Gasteiger charge is 2.48. The molecule has 0 radical (unpaired) electrons. The first-order valence-electron chi connectivity index (χ1n) is 11.2. The first-order valence-corrected chi connectivity index (χ1v) is 12.0. The number of carbonyl (C=O) groups is 2. The Kier molecular flexibility index (Phi) is 4.62. The highest BCUT2D eigenvalue weighted by atomic mass is 32.1. The zero-order valence-corrected chi connectivity index (χ0v) is 19.2. The van der Waals surface area contributed by atoms with Gasteiger partial charge in [0.15, 0.2) is 16.6 Å². The smallest absolute Gasteiger partial charge is 0.254 e. The number of benzene rings is 1. The average Bonchev–Trinajstić information content (AvgIpc) is 3.57. The Morgan fingerprint density at radius 3 is 2.61 bits per heavy atom. The number of hydrogen-bond donors (Lipinski definition) is 0. The molecule has 2 amide bonds. The van der Waals surface area contributed by atoms with Crippen LogP contribution in [-0.4, -0.2) is 48.2 Å². The maximum absolute atomic E-state index is 13.4. The summed E-state index contributed by atoms with van der Waals surface area (Å²) in [5, 5.41) is 0.710. The number of fused-ring (bicyclic) bond motifs is 3. The van der Waals surface area contributed by atoms with Crippen LogP contribution in [0.3, 0.4) is 0 Å². The van der Waals surface area contributed by atoms with Gasteiger partial charge in [0, 0.05) is 30.6 Å². The molecule has 1 aromatic carbocycles. The zero-order valence-electron chi connectivity index (χ0n) is 18.4. The van der Waals surface area contributed by atoms with Gasteiger partial charge < -0.3 is 9.47 Å². The molecular weight excluding hydrogens is 443 g/mol. The summed E-state index contributed by atoms with van der Waals surface area (Å²) in [5.41, 5.74) is 1.29. The lowest BCUT2D eigenvalue weighted by Crippen LogP contribution is -2.43. The fourth-order valence-corrected chi connectivity index (χ4v) is 6.14. The fourth-order valence-electron chi connectivity index (χ4n) is 5.48. The van der Waals surface area contributed by atoms with Gasteiger partial charge in [-0.15, -0.1) is 0 Å². The van der Waals surface area contributed by atoms with Crippen molar-refractivity contribution in [2.45, 2.75) is 51.7 Å². The SMILES string of the molecule is Cc1nsc(-c2nc(N3C(=O)[C@H]4CC[C@@H]3C4)c3n2CCN(C(=O)c2ccc(F)cc2)[C@@H]3C)n1. The van der Waals surface area contributed by atoms with Crippen LogP contribution < -0.4 is 4.90 Å². The number of carbonyl (C=O) groups excluding carboxylic acids is 2. The molecule has 0 unspecified atom stereocenters. The lowest BCUT2D eigenvalue weighted by atomic mass is 10.1. The molecule has 10 heteroatoms. The molecule has 0 spiro atoms. The van der Waals surface area contributed by atoms with Crippen LogP contribution in [0.1, 0.15) is 54.1 Å². The molecule has 2 aliphatic heterocycles. The van der Waals surface area contributed by atoms with Gasteiger partial charge in [-0.2, -0.15) is 4.37 Å². The Hall–Kier alpha value is -3.14. The number of amides is 2. The normalized spacial score (nSPS) is 24.0. The monoisotopic (exact) mass is 466 g/mol. The predicted octanol–water partition coefficient (Wildman–Crippen LogP) is 3.58. The van der Waals surface area contributed by atoms with E-state index in [1.54, 1.807) is 4.90 Å². The average molecular weight is 467 g/mol. The molecule has 2 fully saturated rings. The first kappa shape index (κ1) is 20.5. The maximum atomic E-state index is 13.4. The summed E-state index contributed by atoms with van der Waals surface area (Å²) in [6, 6.07) is 5.46. The minimum atomic E-state index is -0.377. The van der Waals surface area contributed by atoms with Gasteiger partial charge >= 0.3 is 0 Å². The van der Waals surface area contributed by atoms with Crippen molar-refractivity contribution in [3.63, 3.8) is 0 Å². The third kappa shape index (κ3) is 3.11. The second-order valence-electron chi connectivity index (χ2n) is 9.00. The van der Waals surface area contributed by atoms with E-state index in [4.69, 9.17) is 4.98 Å². The number of nitrogens with zero attached hydrogens (tertiary/aromatic N) is 6. The standard InChI is InChI=1S/C23H23FN6O2S/c1-12-18-19(30-17-8-5-15(11-17)23(30)32)26-20(21-25-13(2)27-33-21)29(18)10-9-28(12)22(31)14-3-6-16(24)7-4-14/h3-4,6-7,12,15,17H,5,8-11H2,1-2H3/t12-,15+,17-/m1/s1. The Morgan fingerprint density at radius 2 is 1.94 bits per heavy atom. The van der Waals surface area contributed by atoms with Crippen LogP contribution in [0, 0.1) is 18.7 Å². The molecule has 0 N–H and O–H groups in total. The van der Waals surface area contributed by atoms with Crippen LogP contribution in [0.15, 0.2) is 24.3 Å². The molecule has 1 aliphatic carbocycles. The van der Waals surface area contributed by atoms with E-state index in [0.717, 1.165) is 25.0 Å². The number of rotatable bonds is 3. The van der Waals surface area contributed by atoms with Crippen molar-refractivity contribution in [2.75, 3.05) is 11.4 Å². The molecule has 8 nitrogen and oxygen atoms in total. The molecule has 1 saturated heterocycles.